The van der Waals surface area contributed by atoms with Crippen LogP contribution in [0.2, 0.25) is 5.02 Å². The number of aromatic nitrogens is 1. The van der Waals surface area contributed by atoms with Crippen LogP contribution >= 0.6 is 11.6 Å². The van der Waals surface area contributed by atoms with Crippen LogP contribution in [0.25, 0.3) is 21.9 Å². The second-order valence-corrected chi connectivity index (χ2v) is 11.9. The molecule has 0 saturated heterocycles. The smallest absolute Gasteiger partial charge is 0.328 e. The van der Waals surface area contributed by atoms with E-state index in [-0.39, 0.29) is 22.6 Å². The number of hydrogen-bond donors (Lipinski definition) is 1. The van der Waals surface area contributed by atoms with Gasteiger partial charge < -0.3 is 14.8 Å². The molecule has 1 N–H and O–H groups in total. The number of carbonyl (C=O) groups excluding carboxylic acids is 2. The van der Waals surface area contributed by atoms with E-state index in [9.17, 15) is 14.0 Å². The maximum Gasteiger partial charge on any atom is 0.328 e. The lowest BCUT2D eigenvalue weighted by atomic mass is 9.87. The lowest BCUT2D eigenvalue weighted by Crippen LogP contribution is -2.43. The first-order valence-corrected chi connectivity index (χ1v) is 14.5. The number of amides is 1. The minimum atomic E-state index is -0.934. The molecule has 5 rings (SSSR count). The molecule has 0 bridgehead atoms. The first-order valence-electron chi connectivity index (χ1n) is 14.1. The third kappa shape index (κ3) is 7.24. The molecule has 1 atom stereocenters. The summed E-state index contributed by atoms with van der Waals surface area (Å²) in [6.07, 6.45) is 1.81. The molecular formula is C36H32ClFN2O4. The maximum absolute atomic E-state index is 13.5. The monoisotopic (exact) mass is 610 g/mol. The van der Waals surface area contributed by atoms with Gasteiger partial charge in [0.1, 0.15) is 29.1 Å². The lowest BCUT2D eigenvalue weighted by molar-refractivity contribution is -0.142. The van der Waals surface area contributed by atoms with E-state index in [0.717, 1.165) is 33.2 Å². The fourth-order valence-electron chi connectivity index (χ4n) is 4.78. The summed E-state index contributed by atoms with van der Waals surface area (Å²) < 4.78 is 24.5. The zero-order valence-corrected chi connectivity index (χ0v) is 25.6. The summed E-state index contributed by atoms with van der Waals surface area (Å²) in [4.78, 5) is 30.1. The van der Waals surface area contributed by atoms with Crippen LogP contribution in [0.5, 0.6) is 11.5 Å². The summed E-state index contributed by atoms with van der Waals surface area (Å²) in [7, 11) is 1.27. The molecule has 4 aromatic carbocycles. The average Bonchev–Trinajstić information content (AvgIpc) is 3.01. The Kier molecular flexibility index (Phi) is 8.97. The van der Waals surface area contributed by atoms with Crippen molar-refractivity contribution in [1.82, 2.24) is 10.3 Å². The molecule has 0 fully saturated rings. The number of nitrogens with zero attached hydrogens (tertiary/aromatic N) is 1. The number of nitrogens with one attached hydrogen (secondary N) is 1. The van der Waals surface area contributed by atoms with Gasteiger partial charge in [0, 0.05) is 18.0 Å². The highest BCUT2D eigenvalue weighted by molar-refractivity contribution is 6.31. The van der Waals surface area contributed by atoms with Gasteiger partial charge in [-0.2, -0.15) is 0 Å². The lowest BCUT2D eigenvalue weighted by Gasteiger charge is -2.19. The van der Waals surface area contributed by atoms with E-state index in [1.807, 2.05) is 54.6 Å². The van der Waals surface area contributed by atoms with Crippen LogP contribution in [0.1, 0.15) is 42.4 Å². The molecule has 0 aliphatic carbocycles. The number of methoxy groups -OCH3 is 1. The molecule has 1 heterocycles. The van der Waals surface area contributed by atoms with E-state index in [2.05, 4.69) is 43.2 Å². The Morgan fingerprint density at radius 2 is 1.55 bits per heavy atom. The van der Waals surface area contributed by atoms with Crippen molar-refractivity contribution in [2.75, 3.05) is 7.11 Å². The Morgan fingerprint density at radius 1 is 0.864 bits per heavy atom. The van der Waals surface area contributed by atoms with Gasteiger partial charge in [-0.15, -0.1) is 0 Å². The summed E-state index contributed by atoms with van der Waals surface area (Å²) >= 11 is 5.92. The van der Waals surface area contributed by atoms with E-state index in [0.29, 0.717) is 5.75 Å². The quantitative estimate of drug-likeness (QED) is 0.179. The van der Waals surface area contributed by atoms with Crippen molar-refractivity contribution in [2.45, 2.75) is 38.6 Å². The highest BCUT2D eigenvalue weighted by atomic mass is 35.5. The summed E-state index contributed by atoms with van der Waals surface area (Å²) in [6.45, 7) is 6.49. The van der Waals surface area contributed by atoms with Crippen LogP contribution in [0.4, 0.5) is 4.39 Å². The van der Waals surface area contributed by atoms with Gasteiger partial charge in [-0.1, -0.05) is 80.9 Å². The number of hydrogen-bond acceptors (Lipinski definition) is 5. The largest absolute Gasteiger partial charge is 0.467 e. The van der Waals surface area contributed by atoms with Gasteiger partial charge in [-0.3, -0.25) is 9.78 Å². The Bertz CT molecular complexity index is 1820. The number of halogens is 2. The minimum Gasteiger partial charge on any atom is -0.467 e. The molecule has 1 amide bonds. The van der Waals surface area contributed by atoms with E-state index in [1.165, 1.54) is 18.7 Å². The van der Waals surface area contributed by atoms with Gasteiger partial charge in [0.05, 0.1) is 12.1 Å². The zero-order valence-electron chi connectivity index (χ0n) is 24.9. The van der Waals surface area contributed by atoms with Crippen LogP contribution < -0.4 is 10.1 Å². The summed E-state index contributed by atoms with van der Waals surface area (Å²) in [5.74, 6) is -0.185. The molecule has 0 aliphatic rings. The SMILES string of the molecule is COC(=O)[C@H](Cc1ccc(-c2ccc(F)c(Cl)c2)cc1)NC(=O)c1cc2ccc(Oc3ccc(C(C)(C)C)cc3)cc2cn1. The number of benzene rings is 4. The van der Waals surface area contributed by atoms with Gasteiger partial charge in [0.2, 0.25) is 0 Å². The molecule has 6 nitrogen and oxygen atoms in total. The number of rotatable bonds is 8. The molecular weight excluding hydrogens is 579 g/mol. The van der Waals surface area contributed by atoms with Crippen molar-refractivity contribution in [1.29, 1.82) is 0 Å². The number of carbonyl (C=O) groups is 2. The van der Waals surface area contributed by atoms with Crippen LogP contribution in [0.3, 0.4) is 0 Å². The van der Waals surface area contributed by atoms with Crippen LogP contribution in [-0.2, 0) is 21.4 Å². The Hall–Kier alpha value is -4.75. The zero-order chi connectivity index (χ0) is 31.4. The number of pyridine rings is 1. The molecule has 8 heteroatoms. The highest BCUT2D eigenvalue weighted by Gasteiger charge is 2.23. The first-order chi connectivity index (χ1) is 21.0. The van der Waals surface area contributed by atoms with Crippen LogP contribution in [0, 0.1) is 5.82 Å². The second-order valence-electron chi connectivity index (χ2n) is 11.5. The van der Waals surface area contributed by atoms with Crippen molar-refractivity contribution in [3.8, 4) is 22.6 Å². The van der Waals surface area contributed by atoms with Crippen LogP contribution in [0.15, 0.2) is 97.2 Å². The molecule has 0 unspecified atom stereocenters. The standard InChI is InChI=1S/C36H32ClFN2O4/c1-36(2,3)27-11-14-28(15-12-27)44-29-13-9-25-20-32(39-21-26(25)18-29)34(41)40-33(35(42)43-4)17-22-5-7-23(8-6-22)24-10-16-31(38)30(37)19-24/h5-16,18-21,33H,17H2,1-4H3,(H,40,41)/t33-/m0/s1. The predicted molar refractivity (Wildman–Crippen MR) is 171 cm³/mol. The molecule has 44 heavy (non-hydrogen) atoms. The van der Waals surface area contributed by atoms with Gasteiger partial charge in [-0.05, 0) is 75.5 Å². The van der Waals surface area contributed by atoms with Gasteiger partial charge in [0.25, 0.3) is 5.91 Å². The van der Waals surface area contributed by atoms with E-state index in [1.54, 1.807) is 24.4 Å². The minimum absolute atomic E-state index is 0.0398. The summed E-state index contributed by atoms with van der Waals surface area (Å²) in [5, 5.41) is 4.40. The van der Waals surface area contributed by atoms with Gasteiger partial charge in [-0.25, -0.2) is 9.18 Å². The normalized spacial score (nSPS) is 12.0. The van der Waals surface area contributed by atoms with Crippen molar-refractivity contribution >= 4 is 34.2 Å². The van der Waals surface area contributed by atoms with Crippen molar-refractivity contribution in [3.05, 3.63) is 125 Å². The molecule has 0 aliphatic heterocycles. The predicted octanol–water partition coefficient (Wildman–Crippen LogP) is 8.30. The van der Waals surface area contributed by atoms with Crippen molar-refractivity contribution in [3.63, 3.8) is 0 Å². The van der Waals surface area contributed by atoms with Gasteiger partial charge in [0.15, 0.2) is 0 Å². The third-order valence-corrected chi connectivity index (χ3v) is 7.61. The number of esters is 1. The third-order valence-electron chi connectivity index (χ3n) is 7.32. The average molecular weight is 611 g/mol. The Balaban J connectivity index is 1.27. The molecule has 0 saturated carbocycles. The molecule has 1 aromatic heterocycles. The topological polar surface area (TPSA) is 77.5 Å². The van der Waals surface area contributed by atoms with Crippen molar-refractivity contribution < 1.29 is 23.5 Å². The molecule has 5 aromatic rings. The van der Waals surface area contributed by atoms with Gasteiger partial charge >= 0.3 is 5.97 Å². The fourth-order valence-corrected chi connectivity index (χ4v) is 4.96. The Morgan fingerprint density at radius 3 is 2.20 bits per heavy atom. The number of fused-ring (bicyclic) bond motifs is 1. The summed E-state index contributed by atoms with van der Waals surface area (Å²) in [5.41, 5.74) is 3.84. The van der Waals surface area contributed by atoms with Crippen molar-refractivity contribution in [2.24, 2.45) is 0 Å². The molecule has 224 valence electrons. The highest BCUT2D eigenvalue weighted by Crippen LogP contribution is 2.29. The fraction of sp³-hybridized carbons (Fsp3) is 0.194. The van der Waals surface area contributed by atoms with E-state index in [4.69, 9.17) is 21.1 Å². The molecule has 0 radical (unpaired) electrons. The van der Waals surface area contributed by atoms with E-state index >= 15 is 0 Å². The van der Waals surface area contributed by atoms with Crippen LogP contribution in [-0.4, -0.2) is 30.0 Å². The van der Waals surface area contributed by atoms with E-state index < -0.39 is 23.7 Å². The maximum atomic E-state index is 13.5. The molecule has 0 spiro atoms. The Labute approximate surface area is 260 Å². The summed E-state index contributed by atoms with van der Waals surface area (Å²) in [6, 6.07) is 26.2. The number of ether oxygens (including phenoxy) is 2. The first kappa shape index (κ1) is 30.7. The second kappa shape index (κ2) is 12.9.